The standard InChI is InChI=1S/C16H25N3O2/c1-19(11-13-6-8-21-9-7-13)12-15-5-3-2-4-14(15)10-16(20)18-17/h2-5,13H,6-12,17H2,1H3,(H,18,20). The molecule has 1 aliphatic rings. The number of hydrazine groups is 1. The molecule has 116 valence electrons. The van der Waals surface area contributed by atoms with Crippen LogP contribution in [-0.2, 0) is 22.5 Å². The first-order valence-corrected chi connectivity index (χ1v) is 7.51. The molecule has 1 saturated heterocycles. The highest BCUT2D eigenvalue weighted by Gasteiger charge is 2.16. The summed E-state index contributed by atoms with van der Waals surface area (Å²) in [5.41, 5.74) is 4.42. The van der Waals surface area contributed by atoms with E-state index in [1.807, 2.05) is 18.2 Å². The van der Waals surface area contributed by atoms with Crippen LogP contribution in [0, 0.1) is 5.92 Å². The number of hydrogen-bond acceptors (Lipinski definition) is 4. The Hall–Kier alpha value is -1.43. The maximum Gasteiger partial charge on any atom is 0.238 e. The average Bonchev–Trinajstić information content (AvgIpc) is 2.50. The van der Waals surface area contributed by atoms with Crippen molar-refractivity contribution in [3.8, 4) is 0 Å². The maximum absolute atomic E-state index is 11.5. The first-order valence-electron chi connectivity index (χ1n) is 7.51. The third-order valence-electron chi connectivity index (χ3n) is 3.98. The molecule has 1 aromatic carbocycles. The number of benzene rings is 1. The highest BCUT2D eigenvalue weighted by Crippen LogP contribution is 2.18. The topological polar surface area (TPSA) is 67.6 Å². The van der Waals surface area contributed by atoms with E-state index < -0.39 is 0 Å². The van der Waals surface area contributed by atoms with E-state index in [4.69, 9.17) is 10.6 Å². The van der Waals surface area contributed by atoms with E-state index in [1.165, 1.54) is 5.56 Å². The molecule has 0 saturated carbocycles. The summed E-state index contributed by atoms with van der Waals surface area (Å²) in [6.07, 6.45) is 2.61. The van der Waals surface area contributed by atoms with E-state index in [1.54, 1.807) is 0 Å². The molecule has 3 N–H and O–H groups in total. The van der Waals surface area contributed by atoms with E-state index >= 15 is 0 Å². The second-order valence-electron chi connectivity index (χ2n) is 5.77. The zero-order valence-corrected chi connectivity index (χ0v) is 12.7. The highest BCUT2D eigenvalue weighted by atomic mass is 16.5. The summed E-state index contributed by atoms with van der Waals surface area (Å²) < 4.78 is 5.40. The smallest absolute Gasteiger partial charge is 0.238 e. The molecule has 0 atom stereocenters. The van der Waals surface area contributed by atoms with Gasteiger partial charge in [-0.3, -0.25) is 10.2 Å². The van der Waals surface area contributed by atoms with E-state index in [0.29, 0.717) is 12.3 Å². The second kappa shape index (κ2) is 8.12. The van der Waals surface area contributed by atoms with Crippen LogP contribution in [0.25, 0.3) is 0 Å². The lowest BCUT2D eigenvalue weighted by Crippen LogP contribution is -2.32. The number of hydrogen-bond donors (Lipinski definition) is 2. The minimum Gasteiger partial charge on any atom is -0.381 e. The largest absolute Gasteiger partial charge is 0.381 e. The molecule has 1 aliphatic heterocycles. The number of nitrogens with zero attached hydrogens (tertiary/aromatic N) is 1. The van der Waals surface area contributed by atoms with Gasteiger partial charge in [-0.25, -0.2) is 5.84 Å². The van der Waals surface area contributed by atoms with E-state index in [9.17, 15) is 4.79 Å². The molecule has 1 fully saturated rings. The van der Waals surface area contributed by atoms with E-state index in [-0.39, 0.29) is 5.91 Å². The van der Waals surface area contributed by atoms with Crippen LogP contribution in [-0.4, -0.2) is 37.6 Å². The monoisotopic (exact) mass is 291 g/mol. The van der Waals surface area contributed by atoms with Gasteiger partial charge in [-0.1, -0.05) is 24.3 Å². The molecule has 1 aromatic rings. The second-order valence-corrected chi connectivity index (χ2v) is 5.77. The van der Waals surface area contributed by atoms with Crippen LogP contribution in [0.5, 0.6) is 0 Å². The van der Waals surface area contributed by atoms with Crippen LogP contribution in [0.4, 0.5) is 0 Å². The first-order chi connectivity index (χ1) is 10.2. The predicted octanol–water partition coefficient (Wildman–Crippen LogP) is 1.08. The van der Waals surface area contributed by atoms with Crippen molar-refractivity contribution in [1.29, 1.82) is 0 Å². The van der Waals surface area contributed by atoms with Gasteiger partial charge in [0.2, 0.25) is 5.91 Å². The number of nitrogens with one attached hydrogen (secondary N) is 1. The van der Waals surface area contributed by atoms with Crippen molar-refractivity contribution >= 4 is 5.91 Å². The summed E-state index contributed by atoms with van der Waals surface area (Å²) in [5.74, 6) is 5.73. The fraction of sp³-hybridized carbons (Fsp3) is 0.562. The maximum atomic E-state index is 11.5. The molecule has 21 heavy (non-hydrogen) atoms. The van der Waals surface area contributed by atoms with Gasteiger partial charge in [-0.05, 0) is 36.9 Å². The lowest BCUT2D eigenvalue weighted by atomic mass is 9.99. The van der Waals surface area contributed by atoms with Crippen LogP contribution in [0.15, 0.2) is 24.3 Å². The van der Waals surface area contributed by atoms with Crippen molar-refractivity contribution in [3.05, 3.63) is 35.4 Å². The summed E-state index contributed by atoms with van der Waals surface area (Å²) in [4.78, 5) is 13.8. The summed E-state index contributed by atoms with van der Waals surface area (Å²) in [6, 6.07) is 8.05. The van der Waals surface area contributed by atoms with Crippen molar-refractivity contribution in [2.75, 3.05) is 26.8 Å². The Kier molecular flexibility index (Phi) is 6.17. The quantitative estimate of drug-likeness (QED) is 0.467. The Morgan fingerprint density at radius 2 is 2.00 bits per heavy atom. The number of carbonyl (C=O) groups excluding carboxylic acids is 1. The van der Waals surface area contributed by atoms with Crippen molar-refractivity contribution < 1.29 is 9.53 Å². The molecule has 0 aliphatic carbocycles. The van der Waals surface area contributed by atoms with Crippen LogP contribution >= 0.6 is 0 Å². The zero-order chi connectivity index (χ0) is 15.1. The lowest BCUT2D eigenvalue weighted by Gasteiger charge is -2.27. The van der Waals surface area contributed by atoms with Gasteiger partial charge in [0.15, 0.2) is 0 Å². The number of carbonyl (C=O) groups is 1. The Morgan fingerprint density at radius 3 is 2.67 bits per heavy atom. The summed E-state index contributed by atoms with van der Waals surface area (Å²) in [6.45, 7) is 3.68. The SMILES string of the molecule is CN(Cc1ccccc1CC(=O)NN)CC1CCOCC1. The molecular formula is C16H25N3O2. The molecule has 0 unspecified atom stereocenters. The fourth-order valence-electron chi connectivity index (χ4n) is 2.83. The van der Waals surface area contributed by atoms with Crippen molar-refractivity contribution in [2.45, 2.75) is 25.8 Å². The van der Waals surface area contributed by atoms with Gasteiger partial charge < -0.3 is 9.64 Å². The number of rotatable bonds is 6. The minimum absolute atomic E-state index is 0.158. The number of nitrogens with two attached hydrogens (primary N) is 1. The number of ether oxygens (including phenoxy) is 1. The first kappa shape index (κ1) is 15.9. The van der Waals surface area contributed by atoms with Crippen molar-refractivity contribution in [1.82, 2.24) is 10.3 Å². The van der Waals surface area contributed by atoms with E-state index in [2.05, 4.69) is 23.4 Å². The van der Waals surface area contributed by atoms with Gasteiger partial charge in [0.05, 0.1) is 6.42 Å². The molecule has 5 nitrogen and oxygen atoms in total. The van der Waals surface area contributed by atoms with Gasteiger partial charge >= 0.3 is 0 Å². The Bertz CT molecular complexity index is 459. The molecule has 1 amide bonds. The molecule has 5 heteroatoms. The molecule has 2 rings (SSSR count). The molecule has 1 heterocycles. The minimum atomic E-state index is -0.158. The lowest BCUT2D eigenvalue weighted by molar-refractivity contribution is -0.120. The van der Waals surface area contributed by atoms with Crippen LogP contribution in [0.1, 0.15) is 24.0 Å². The van der Waals surface area contributed by atoms with Crippen LogP contribution in [0.2, 0.25) is 0 Å². The Morgan fingerprint density at radius 1 is 1.33 bits per heavy atom. The Labute approximate surface area is 126 Å². The van der Waals surface area contributed by atoms with Crippen molar-refractivity contribution in [3.63, 3.8) is 0 Å². The van der Waals surface area contributed by atoms with Gasteiger partial charge in [0.1, 0.15) is 0 Å². The normalized spacial score (nSPS) is 16.1. The van der Waals surface area contributed by atoms with Crippen LogP contribution < -0.4 is 11.3 Å². The number of amides is 1. The van der Waals surface area contributed by atoms with E-state index in [0.717, 1.165) is 44.7 Å². The van der Waals surface area contributed by atoms with Crippen LogP contribution in [0.3, 0.4) is 0 Å². The average molecular weight is 291 g/mol. The molecule has 0 radical (unpaired) electrons. The zero-order valence-electron chi connectivity index (χ0n) is 12.7. The molecular weight excluding hydrogens is 266 g/mol. The van der Waals surface area contributed by atoms with Gasteiger partial charge in [0, 0.05) is 26.3 Å². The molecule has 0 bridgehead atoms. The Balaban J connectivity index is 1.93. The third kappa shape index (κ3) is 5.12. The van der Waals surface area contributed by atoms with Gasteiger partial charge in [0.25, 0.3) is 0 Å². The molecule has 0 spiro atoms. The predicted molar refractivity (Wildman–Crippen MR) is 82.4 cm³/mol. The molecule has 0 aromatic heterocycles. The van der Waals surface area contributed by atoms with Crippen molar-refractivity contribution in [2.24, 2.45) is 11.8 Å². The highest BCUT2D eigenvalue weighted by molar-refractivity contribution is 5.78. The summed E-state index contributed by atoms with van der Waals surface area (Å²) in [7, 11) is 2.13. The fourth-order valence-corrected chi connectivity index (χ4v) is 2.83. The van der Waals surface area contributed by atoms with Gasteiger partial charge in [-0.2, -0.15) is 0 Å². The summed E-state index contributed by atoms with van der Waals surface area (Å²) >= 11 is 0. The third-order valence-corrected chi connectivity index (χ3v) is 3.98. The van der Waals surface area contributed by atoms with Gasteiger partial charge in [-0.15, -0.1) is 0 Å². The summed E-state index contributed by atoms with van der Waals surface area (Å²) in [5, 5.41) is 0.